The van der Waals surface area contributed by atoms with Crippen LogP contribution in [0.4, 0.5) is 5.69 Å². The summed E-state index contributed by atoms with van der Waals surface area (Å²) >= 11 is 0. The van der Waals surface area contributed by atoms with Crippen LogP contribution < -0.4 is 5.32 Å². The molecule has 1 aliphatic carbocycles. The quantitative estimate of drug-likeness (QED) is 0.876. The van der Waals surface area contributed by atoms with Gasteiger partial charge in [-0.25, -0.2) is 8.42 Å². The van der Waals surface area contributed by atoms with Crippen LogP contribution in [0.5, 0.6) is 0 Å². The lowest BCUT2D eigenvalue weighted by Crippen LogP contribution is -2.35. The van der Waals surface area contributed by atoms with E-state index < -0.39 is 10.0 Å². The van der Waals surface area contributed by atoms with E-state index in [-0.39, 0.29) is 10.8 Å². The second-order valence-electron chi connectivity index (χ2n) is 7.28. The molecule has 1 aliphatic heterocycles. The van der Waals surface area contributed by atoms with Crippen molar-refractivity contribution in [1.82, 2.24) is 4.31 Å². The number of hydrogen-bond donors (Lipinski definition) is 1. The molecule has 2 aromatic rings. The van der Waals surface area contributed by atoms with Gasteiger partial charge in [0.15, 0.2) is 0 Å². The molecule has 0 unspecified atom stereocenters. The van der Waals surface area contributed by atoms with E-state index >= 15 is 0 Å². The number of benzene rings is 2. The van der Waals surface area contributed by atoms with Gasteiger partial charge in [-0.2, -0.15) is 4.31 Å². The first-order valence-electron chi connectivity index (χ1n) is 9.57. The lowest BCUT2D eigenvalue weighted by atomic mass is 10.1. The Morgan fingerprint density at radius 3 is 2.30 bits per heavy atom. The molecule has 1 saturated heterocycles. The number of rotatable bonds is 4. The van der Waals surface area contributed by atoms with Gasteiger partial charge in [0.25, 0.3) is 5.91 Å². The maximum Gasteiger partial charge on any atom is 0.255 e. The highest BCUT2D eigenvalue weighted by Gasteiger charge is 2.26. The van der Waals surface area contributed by atoms with Crippen molar-refractivity contribution in [3.05, 3.63) is 59.2 Å². The monoisotopic (exact) mass is 384 g/mol. The van der Waals surface area contributed by atoms with Crippen molar-refractivity contribution in [3.8, 4) is 0 Å². The summed E-state index contributed by atoms with van der Waals surface area (Å²) < 4.78 is 26.9. The summed E-state index contributed by atoms with van der Waals surface area (Å²) in [6.07, 6.45) is 6.22. The van der Waals surface area contributed by atoms with Crippen LogP contribution in [0.25, 0.3) is 0 Å². The number of nitrogens with one attached hydrogen (secondary N) is 1. The van der Waals surface area contributed by atoms with Gasteiger partial charge in [-0.3, -0.25) is 4.79 Å². The number of fused-ring (bicyclic) bond motifs is 1. The SMILES string of the molecule is O=C(Nc1ccc2c(c1)CCC2)c1ccc(S(=O)(=O)N2CCCCC2)cc1. The third-order valence-corrected chi connectivity index (χ3v) is 7.34. The van der Waals surface area contributed by atoms with Crippen LogP contribution in [0.15, 0.2) is 47.4 Å². The van der Waals surface area contributed by atoms with Crippen molar-refractivity contribution < 1.29 is 13.2 Å². The average Bonchev–Trinajstić information content (AvgIpc) is 3.16. The molecule has 4 rings (SSSR count). The topological polar surface area (TPSA) is 66.5 Å². The van der Waals surface area contributed by atoms with Gasteiger partial charge in [-0.15, -0.1) is 0 Å². The number of hydrogen-bond acceptors (Lipinski definition) is 3. The summed E-state index contributed by atoms with van der Waals surface area (Å²) in [5.41, 5.74) is 3.90. The molecule has 1 heterocycles. The molecule has 0 bridgehead atoms. The van der Waals surface area contributed by atoms with Crippen LogP contribution in [0.1, 0.15) is 47.2 Å². The van der Waals surface area contributed by atoms with Gasteiger partial charge < -0.3 is 5.32 Å². The van der Waals surface area contributed by atoms with Crippen molar-refractivity contribution in [2.75, 3.05) is 18.4 Å². The zero-order valence-electron chi connectivity index (χ0n) is 15.3. The minimum Gasteiger partial charge on any atom is -0.322 e. The Balaban J connectivity index is 1.47. The highest BCUT2D eigenvalue weighted by molar-refractivity contribution is 7.89. The number of nitrogens with zero attached hydrogens (tertiary/aromatic N) is 1. The Morgan fingerprint density at radius 1 is 0.852 bits per heavy atom. The summed E-state index contributed by atoms with van der Waals surface area (Å²) in [6.45, 7) is 1.14. The Hall–Kier alpha value is -2.18. The Kier molecular flexibility index (Phi) is 5.02. The molecule has 0 radical (unpaired) electrons. The normalized spacial score (nSPS) is 17.5. The van der Waals surface area contributed by atoms with E-state index in [1.165, 1.54) is 34.0 Å². The standard InChI is InChI=1S/C21H24N2O3S/c24-21(22-19-10-7-16-5-4-6-18(16)15-19)17-8-11-20(12-9-17)27(25,26)23-13-2-1-3-14-23/h7-12,15H,1-6,13-14H2,(H,22,24). The Bertz CT molecular complexity index is 946. The highest BCUT2D eigenvalue weighted by Crippen LogP contribution is 2.25. The van der Waals surface area contributed by atoms with Crippen LogP contribution in [0, 0.1) is 0 Å². The number of carbonyl (C=O) groups is 1. The van der Waals surface area contributed by atoms with E-state index in [1.807, 2.05) is 12.1 Å². The fourth-order valence-electron chi connectivity index (χ4n) is 3.89. The number of piperidine rings is 1. The van der Waals surface area contributed by atoms with E-state index in [0.717, 1.165) is 37.8 Å². The van der Waals surface area contributed by atoms with Gasteiger partial charge >= 0.3 is 0 Å². The predicted octanol–water partition coefficient (Wildman–Crippen LogP) is 3.60. The molecule has 2 aliphatic rings. The number of anilines is 1. The molecule has 0 spiro atoms. The molecular weight excluding hydrogens is 360 g/mol. The van der Waals surface area contributed by atoms with E-state index in [1.54, 1.807) is 12.1 Å². The second-order valence-corrected chi connectivity index (χ2v) is 9.22. The smallest absolute Gasteiger partial charge is 0.255 e. The zero-order chi connectivity index (χ0) is 18.9. The molecule has 1 N–H and O–H groups in total. The first-order chi connectivity index (χ1) is 13.0. The first-order valence-corrected chi connectivity index (χ1v) is 11.0. The maximum atomic E-state index is 12.7. The molecule has 0 atom stereocenters. The zero-order valence-corrected chi connectivity index (χ0v) is 16.1. The number of aryl methyl sites for hydroxylation is 2. The predicted molar refractivity (Wildman–Crippen MR) is 105 cm³/mol. The van der Waals surface area contributed by atoms with Gasteiger partial charge in [-0.05, 0) is 79.6 Å². The van der Waals surface area contributed by atoms with Gasteiger partial charge in [-0.1, -0.05) is 12.5 Å². The first kappa shape index (κ1) is 18.2. The average molecular weight is 385 g/mol. The molecule has 0 saturated carbocycles. The minimum atomic E-state index is -3.47. The number of amides is 1. The number of carbonyl (C=O) groups excluding carboxylic acids is 1. The van der Waals surface area contributed by atoms with E-state index in [2.05, 4.69) is 11.4 Å². The van der Waals surface area contributed by atoms with Crippen molar-refractivity contribution in [1.29, 1.82) is 0 Å². The van der Waals surface area contributed by atoms with Gasteiger partial charge in [0.05, 0.1) is 4.90 Å². The lowest BCUT2D eigenvalue weighted by Gasteiger charge is -2.25. The summed E-state index contributed by atoms with van der Waals surface area (Å²) in [5.74, 6) is -0.227. The van der Waals surface area contributed by atoms with Crippen LogP contribution in [0.3, 0.4) is 0 Å². The summed E-state index contributed by atoms with van der Waals surface area (Å²) in [4.78, 5) is 12.8. The Labute approximate surface area is 160 Å². The van der Waals surface area contributed by atoms with Crippen molar-refractivity contribution in [2.45, 2.75) is 43.4 Å². The van der Waals surface area contributed by atoms with Gasteiger partial charge in [0.2, 0.25) is 10.0 Å². The highest BCUT2D eigenvalue weighted by atomic mass is 32.2. The third-order valence-electron chi connectivity index (χ3n) is 5.43. The molecule has 1 fully saturated rings. The van der Waals surface area contributed by atoms with Crippen LogP contribution in [0.2, 0.25) is 0 Å². The fourth-order valence-corrected chi connectivity index (χ4v) is 5.40. The number of sulfonamides is 1. The Morgan fingerprint density at radius 2 is 1.56 bits per heavy atom. The third kappa shape index (κ3) is 3.77. The molecule has 2 aromatic carbocycles. The molecule has 1 amide bonds. The molecule has 5 nitrogen and oxygen atoms in total. The van der Waals surface area contributed by atoms with E-state index in [0.29, 0.717) is 18.7 Å². The molecule has 0 aromatic heterocycles. The van der Waals surface area contributed by atoms with E-state index in [4.69, 9.17) is 0 Å². The van der Waals surface area contributed by atoms with Crippen molar-refractivity contribution in [2.24, 2.45) is 0 Å². The second kappa shape index (κ2) is 7.44. The van der Waals surface area contributed by atoms with Crippen molar-refractivity contribution in [3.63, 3.8) is 0 Å². The lowest BCUT2D eigenvalue weighted by molar-refractivity contribution is 0.102. The van der Waals surface area contributed by atoms with Gasteiger partial charge in [0, 0.05) is 24.3 Å². The van der Waals surface area contributed by atoms with Crippen LogP contribution in [-0.2, 0) is 22.9 Å². The minimum absolute atomic E-state index is 0.227. The largest absolute Gasteiger partial charge is 0.322 e. The maximum absolute atomic E-state index is 12.7. The molecule has 27 heavy (non-hydrogen) atoms. The molecule has 6 heteroatoms. The summed E-state index contributed by atoms with van der Waals surface area (Å²) in [5, 5.41) is 2.91. The van der Waals surface area contributed by atoms with E-state index in [9.17, 15) is 13.2 Å². The molecule has 142 valence electrons. The molecular formula is C21H24N2O3S. The van der Waals surface area contributed by atoms with Crippen LogP contribution in [-0.4, -0.2) is 31.7 Å². The summed E-state index contributed by atoms with van der Waals surface area (Å²) in [6, 6.07) is 12.3. The van der Waals surface area contributed by atoms with Gasteiger partial charge in [0.1, 0.15) is 0 Å². The fraction of sp³-hybridized carbons (Fsp3) is 0.381. The van der Waals surface area contributed by atoms with Crippen LogP contribution >= 0.6 is 0 Å². The van der Waals surface area contributed by atoms with Crippen molar-refractivity contribution >= 4 is 21.6 Å². The summed E-state index contributed by atoms with van der Waals surface area (Å²) in [7, 11) is -3.47.